The number of aliphatic hydroxyl groups excluding tert-OH is 1. The van der Waals surface area contributed by atoms with E-state index in [-0.39, 0.29) is 0 Å². The number of β-amino-alcohol motifs (C(OH)–C–C–N with tert-alkyl or cyclic N) is 1. The molecule has 0 aliphatic carbocycles. The van der Waals surface area contributed by atoms with Gasteiger partial charge in [-0.1, -0.05) is 41.4 Å². The van der Waals surface area contributed by atoms with Gasteiger partial charge in [0, 0.05) is 79.8 Å². The van der Waals surface area contributed by atoms with Crippen molar-refractivity contribution in [3.8, 4) is 11.3 Å². The molecule has 0 saturated carbocycles. The van der Waals surface area contributed by atoms with Crippen LogP contribution in [-0.4, -0.2) is 65.2 Å². The van der Waals surface area contributed by atoms with E-state index in [1.54, 1.807) is 0 Å². The van der Waals surface area contributed by atoms with Crippen LogP contribution in [0.2, 0.25) is 5.02 Å². The summed E-state index contributed by atoms with van der Waals surface area (Å²) in [5.41, 5.74) is 7.11. The normalized spacial score (nSPS) is 17.7. The number of hydrogen-bond donors (Lipinski definition) is 2. The first kappa shape index (κ1) is 22.4. The summed E-state index contributed by atoms with van der Waals surface area (Å²) in [6.07, 6.45) is 0.477. The SMILES string of the molecule is Cc1ccc(N2CCN(CC(O)Cn3nc(-c4ccc(Cl)cc4)c4c3CCNC4)CC2)cc1. The molecule has 1 aromatic heterocycles. The highest BCUT2D eigenvalue weighted by atomic mass is 35.5. The van der Waals surface area contributed by atoms with E-state index in [9.17, 15) is 5.11 Å². The van der Waals surface area contributed by atoms with E-state index in [0.29, 0.717) is 13.1 Å². The fraction of sp³-hybridized carbons (Fsp3) is 0.423. The highest BCUT2D eigenvalue weighted by molar-refractivity contribution is 6.30. The lowest BCUT2D eigenvalue weighted by Crippen LogP contribution is -2.49. The number of nitrogens with zero attached hydrogens (tertiary/aromatic N) is 4. The molecule has 33 heavy (non-hydrogen) atoms. The van der Waals surface area contributed by atoms with Crippen LogP contribution in [-0.2, 0) is 19.5 Å². The molecule has 1 fully saturated rings. The summed E-state index contributed by atoms with van der Waals surface area (Å²) in [5, 5.41) is 20.1. The number of aliphatic hydroxyl groups is 1. The molecule has 174 valence electrons. The van der Waals surface area contributed by atoms with E-state index in [1.165, 1.54) is 22.5 Å². The van der Waals surface area contributed by atoms with E-state index in [2.05, 4.69) is 46.3 Å². The third-order valence-corrected chi connectivity index (χ3v) is 7.00. The first-order valence-electron chi connectivity index (χ1n) is 11.8. The smallest absolute Gasteiger partial charge is 0.0971 e. The molecular weight excluding hydrogens is 434 g/mol. The van der Waals surface area contributed by atoms with E-state index >= 15 is 0 Å². The zero-order valence-electron chi connectivity index (χ0n) is 19.2. The molecule has 1 saturated heterocycles. The summed E-state index contributed by atoms with van der Waals surface area (Å²) in [5.74, 6) is 0. The topological polar surface area (TPSA) is 56.6 Å². The van der Waals surface area contributed by atoms with Crippen molar-refractivity contribution in [3.63, 3.8) is 0 Å². The highest BCUT2D eigenvalue weighted by Gasteiger charge is 2.24. The first-order chi connectivity index (χ1) is 16.1. The molecule has 0 radical (unpaired) electrons. The van der Waals surface area contributed by atoms with Gasteiger partial charge in [0.1, 0.15) is 0 Å². The Balaban J connectivity index is 1.22. The van der Waals surface area contributed by atoms with Gasteiger partial charge in [0.15, 0.2) is 0 Å². The van der Waals surface area contributed by atoms with Gasteiger partial charge in [0.25, 0.3) is 0 Å². The Morgan fingerprint density at radius 2 is 1.73 bits per heavy atom. The average molecular weight is 466 g/mol. The van der Waals surface area contributed by atoms with E-state index < -0.39 is 6.10 Å². The van der Waals surface area contributed by atoms with Crippen LogP contribution in [0.4, 0.5) is 5.69 Å². The fourth-order valence-corrected chi connectivity index (χ4v) is 5.04. The van der Waals surface area contributed by atoms with Crippen LogP contribution in [0.3, 0.4) is 0 Å². The van der Waals surface area contributed by atoms with Crippen LogP contribution in [0, 0.1) is 6.92 Å². The quantitative estimate of drug-likeness (QED) is 0.584. The molecule has 0 amide bonds. The van der Waals surface area contributed by atoms with Crippen molar-refractivity contribution in [2.45, 2.75) is 32.5 Å². The zero-order valence-corrected chi connectivity index (χ0v) is 19.9. The van der Waals surface area contributed by atoms with Crippen molar-refractivity contribution in [2.75, 3.05) is 44.2 Å². The minimum Gasteiger partial charge on any atom is -0.390 e. The zero-order chi connectivity index (χ0) is 22.8. The number of aromatic nitrogens is 2. The van der Waals surface area contributed by atoms with Crippen LogP contribution < -0.4 is 10.2 Å². The molecular formula is C26H32ClN5O. The Morgan fingerprint density at radius 1 is 1.00 bits per heavy atom. The third kappa shape index (κ3) is 5.09. The summed E-state index contributed by atoms with van der Waals surface area (Å²) >= 11 is 6.08. The molecule has 2 N–H and O–H groups in total. The summed E-state index contributed by atoms with van der Waals surface area (Å²) in [7, 11) is 0. The van der Waals surface area contributed by atoms with E-state index in [4.69, 9.17) is 16.7 Å². The molecule has 3 aromatic rings. The Kier molecular flexibility index (Phi) is 6.69. The summed E-state index contributed by atoms with van der Waals surface area (Å²) < 4.78 is 2.04. The standard InChI is InChI=1S/C26H32ClN5O/c1-19-2-8-22(9-3-19)31-14-12-30(13-15-31)17-23(33)18-32-25-10-11-28-16-24(25)26(29-32)20-4-6-21(27)7-5-20/h2-9,23,28,33H,10-18H2,1H3. The number of halogens is 1. The number of aryl methyl sites for hydroxylation is 1. The minimum absolute atomic E-state index is 0.451. The molecule has 5 rings (SSSR count). The minimum atomic E-state index is -0.451. The fourth-order valence-electron chi connectivity index (χ4n) is 4.91. The highest BCUT2D eigenvalue weighted by Crippen LogP contribution is 2.29. The summed E-state index contributed by atoms with van der Waals surface area (Å²) in [6.45, 7) is 8.96. The molecule has 2 aromatic carbocycles. The van der Waals surface area contributed by atoms with Gasteiger partial charge in [0.2, 0.25) is 0 Å². The van der Waals surface area contributed by atoms with Gasteiger partial charge in [-0.25, -0.2) is 0 Å². The molecule has 3 heterocycles. The second kappa shape index (κ2) is 9.85. The van der Waals surface area contributed by atoms with Crippen LogP contribution >= 0.6 is 11.6 Å². The number of piperazine rings is 1. The van der Waals surface area contributed by atoms with Gasteiger partial charge in [-0.15, -0.1) is 0 Å². The Bertz CT molecular complexity index is 1070. The summed E-state index contributed by atoms with van der Waals surface area (Å²) in [4.78, 5) is 4.80. The number of rotatable bonds is 6. The second-order valence-corrected chi connectivity index (χ2v) is 9.60. The van der Waals surface area contributed by atoms with Gasteiger partial charge in [0.05, 0.1) is 18.3 Å². The van der Waals surface area contributed by atoms with E-state index in [1.807, 2.05) is 28.9 Å². The Labute approximate surface area is 200 Å². The van der Waals surface area contributed by atoms with Crippen LogP contribution in [0.25, 0.3) is 11.3 Å². The number of benzene rings is 2. The molecule has 2 aliphatic rings. The Morgan fingerprint density at radius 3 is 2.45 bits per heavy atom. The lowest BCUT2D eigenvalue weighted by molar-refractivity contribution is 0.0912. The first-order valence-corrected chi connectivity index (χ1v) is 12.2. The lowest BCUT2D eigenvalue weighted by Gasteiger charge is -2.37. The molecule has 0 spiro atoms. The Hall–Kier alpha value is -2.38. The lowest BCUT2D eigenvalue weighted by atomic mass is 10.0. The molecule has 1 atom stereocenters. The maximum atomic E-state index is 10.9. The van der Waals surface area contributed by atoms with Gasteiger partial charge in [-0.2, -0.15) is 5.10 Å². The number of fused-ring (bicyclic) bond motifs is 1. The van der Waals surface area contributed by atoms with Gasteiger partial charge < -0.3 is 15.3 Å². The third-order valence-electron chi connectivity index (χ3n) is 6.75. The van der Waals surface area contributed by atoms with Gasteiger partial charge in [-0.3, -0.25) is 9.58 Å². The maximum absolute atomic E-state index is 10.9. The van der Waals surface area contributed by atoms with Crippen molar-refractivity contribution in [3.05, 3.63) is 70.4 Å². The average Bonchev–Trinajstić information content (AvgIpc) is 3.19. The number of nitrogens with one attached hydrogen (secondary N) is 1. The molecule has 6 nitrogen and oxygen atoms in total. The predicted octanol–water partition coefficient (Wildman–Crippen LogP) is 3.34. The van der Waals surface area contributed by atoms with Crippen molar-refractivity contribution in [1.29, 1.82) is 0 Å². The summed E-state index contributed by atoms with van der Waals surface area (Å²) in [6, 6.07) is 16.6. The van der Waals surface area contributed by atoms with Crippen LogP contribution in [0.1, 0.15) is 16.8 Å². The number of hydrogen-bond acceptors (Lipinski definition) is 5. The molecule has 0 bridgehead atoms. The van der Waals surface area contributed by atoms with Gasteiger partial charge >= 0.3 is 0 Å². The largest absolute Gasteiger partial charge is 0.390 e. The van der Waals surface area contributed by atoms with Gasteiger partial charge in [-0.05, 0) is 31.2 Å². The molecule has 7 heteroatoms. The van der Waals surface area contributed by atoms with Crippen molar-refractivity contribution < 1.29 is 5.11 Å². The molecule has 1 unspecified atom stereocenters. The van der Waals surface area contributed by atoms with Crippen LogP contribution in [0.5, 0.6) is 0 Å². The maximum Gasteiger partial charge on any atom is 0.0971 e. The number of anilines is 1. The van der Waals surface area contributed by atoms with E-state index in [0.717, 1.165) is 62.0 Å². The monoisotopic (exact) mass is 465 g/mol. The van der Waals surface area contributed by atoms with Crippen molar-refractivity contribution in [1.82, 2.24) is 20.0 Å². The van der Waals surface area contributed by atoms with Crippen molar-refractivity contribution in [2.24, 2.45) is 0 Å². The van der Waals surface area contributed by atoms with Crippen molar-refractivity contribution >= 4 is 17.3 Å². The predicted molar refractivity (Wildman–Crippen MR) is 134 cm³/mol. The molecule has 2 aliphatic heterocycles. The second-order valence-electron chi connectivity index (χ2n) is 9.17. The van der Waals surface area contributed by atoms with Crippen LogP contribution in [0.15, 0.2) is 48.5 Å².